The first-order valence-corrected chi connectivity index (χ1v) is 8.51. The number of methoxy groups -OCH3 is 1. The minimum atomic E-state index is -0.186. The van der Waals surface area contributed by atoms with Crippen molar-refractivity contribution < 1.29 is 9.53 Å². The largest absolute Gasteiger partial charge is 0.497 e. The molecule has 0 atom stereocenters. The van der Waals surface area contributed by atoms with Gasteiger partial charge in [-0.1, -0.05) is 35.3 Å². The van der Waals surface area contributed by atoms with E-state index in [0.717, 1.165) is 11.3 Å². The van der Waals surface area contributed by atoms with Gasteiger partial charge in [0.1, 0.15) is 5.75 Å². The van der Waals surface area contributed by atoms with Gasteiger partial charge in [0, 0.05) is 0 Å². The second-order valence-electron chi connectivity index (χ2n) is 4.85. The average molecular weight is 379 g/mol. The molecule has 7 heteroatoms. The first kappa shape index (κ1) is 16.9. The number of halogens is 2. The van der Waals surface area contributed by atoms with Crippen LogP contribution >= 0.6 is 35.0 Å². The smallest absolute Gasteiger partial charge is 0.264 e. The van der Waals surface area contributed by atoms with E-state index in [-0.39, 0.29) is 5.91 Å². The summed E-state index contributed by atoms with van der Waals surface area (Å²) in [5, 5.41) is 4.11. The van der Waals surface area contributed by atoms with E-state index in [2.05, 4.69) is 10.3 Å². The molecule has 0 aromatic heterocycles. The zero-order valence-corrected chi connectivity index (χ0v) is 14.9. The van der Waals surface area contributed by atoms with Gasteiger partial charge < -0.3 is 10.1 Å². The third-order valence-corrected chi connectivity index (χ3v) is 4.85. The van der Waals surface area contributed by atoms with Crippen molar-refractivity contribution in [1.29, 1.82) is 0 Å². The monoisotopic (exact) mass is 378 g/mol. The molecule has 4 nitrogen and oxygen atoms in total. The Hall–Kier alpha value is -1.95. The zero-order valence-electron chi connectivity index (χ0n) is 12.5. The molecular weight excluding hydrogens is 367 g/mol. The lowest BCUT2D eigenvalue weighted by Crippen LogP contribution is -2.19. The summed E-state index contributed by atoms with van der Waals surface area (Å²) in [5.74, 6) is 0.581. The predicted molar refractivity (Wildman–Crippen MR) is 100 cm³/mol. The maximum atomic E-state index is 12.1. The Morgan fingerprint density at radius 2 is 1.88 bits per heavy atom. The maximum absolute atomic E-state index is 12.1. The number of hydrogen-bond acceptors (Lipinski definition) is 4. The summed E-state index contributed by atoms with van der Waals surface area (Å²) >= 11 is 13.1. The molecule has 24 heavy (non-hydrogen) atoms. The number of thioether (sulfide) groups is 1. The van der Waals surface area contributed by atoms with Crippen LogP contribution in [0.25, 0.3) is 6.08 Å². The summed E-state index contributed by atoms with van der Waals surface area (Å²) in [5.41, 5.74) is 1.53. The number of rotatable bonds is 3. The molecular formula is C17H12Cl2N2O2S. The van der Waals surface area contributed by atoms with Crippen molar-refractivity contribution in [2.24, 2.45) is 4.99 Å². The Morgan fingerprint density at radius 3 is 2.54 bits per heavy atom. The van der Waals surface area contributed by atoms with Crippen LogP contribution in [-0.2, 0) is 4.79 Å². The molecule has 0 radical (unpaired) electrons. The Balaban J connectivity index is 1.80. The summed E-state index contributed by atoms with van der Waals surface area (Å²) in [6, 6.07) is 12.5. The van der Waals surface area contributed by atoms with Gasteiger partial charge in [0.05, 0.1) is 27.7 Å². The van der Waals surface area contributed by atoms with Crippen LogP contribution in [0.2, 0.25) is 10.0 Å². The molecule has 0 bridgehead atoms. The number of amidine groups is 1. The summed E-state index contributed by atoms with van der Waals surface area (Å²) < 4.78 is 5.12. The van der Waals surface area contributed by atoms with Gasteiger partial charge in [-0.15, -0.1) is 0 Å². The number of benzene rings is 2. The topological polar surface area (TPSA) is 50.7 Å². The number of ether oxygens (including phenoxy) is 1. The first-order valence-electron chi connectivity index (χ1n) is 6.94. The second kappa shape index (κ2) is 7.30. The first-order chi connectivity index (χ1) is 11.5. The molecule has 1 aliphatic rings. The van der Waals surface area contributed by atoms with E-state index < -0.39 is 0 Å². The fourth-order valence-electron chi connectivity index (χ4n) is 2.00. The Morgan fingerprint density at radius 1 is 1.12 bits per heavy atom. The van der Waals surface area contributed by atoms with Crippen LogP contribution < -0.4 is 10.1 Å². The molecule has 1 N–H and O–H groups in total. The van der Waals surface area contributed by atoms with Crippen molar-refractivity contribution in [3.8, 4) is 5.75 Å². The van der Waals surface area contributed by atoms with Crippen molar-refractivity contribution in [2.75, 3.05) is 7.11 Å². The van der Waals surface area contributed by atoms with Gasteiger partial charge in [0.15, 0.2) is 5.17 Å². The molecule has 0 aliphatic carbocycles. The summed E-state index contributed by atoms with van der Waals surface area (Å²) in [6.07, 6.45) is 1.80. The van der Waals surface area contributed by atoms with E-state index >= 15 is 0 Å². The fraction of sp³-hybridized carbons (Fsp3) is 0.0588. The van der Waals surface area contributed by atoms with Gasteiger partial charge in [-0.3, -0.25) is 4.79 Å². The lowest BCUT2D eigenvalue weighted by Gasteiger charge is -1.99. The van der Waals surface area contributed by atoms with Gasteiger partial charge in [0.25, 0.3) is 5.91 Å². The van der Waals surface area contributed by atoms with Gasteiger partial charge in [-0.05, 0) is 53.7 Å². The SMILES string of the molecule is COc1ccc(/C=C2/SC(=Nc3ccc(Cl)c(Cl)c3)NC2=O)cc1. The lowest BCUT2D eigenvalue weighted by molar-refractivity contribution is -0.115. The van der Waals surface area contributed by atoms with Crippen molar-refractivity contribution in [2.45, 2.75) is 0 Å². The third-order valence-electron chi connectivity index (χ3n) is 3.20. The van der Waals surface area contributed by atoms with E-state index in [1.807, 2.05) is 24.3 Å². The van der Waals surface area contributed by atoms with Crippen LogP contribution in [0.4, 0.5) is 5.69 Å². The Kier molecular flexibility index (Phi) is 5.14. The van der Waals surface area contributed by atoms with Crippen LogP contribution in [0.3, 0.4) is 0 Å². The molecule has 1 saturated heterocycles. The highest BCUT2D eigenvalue weighted by atomic mass is 35.5. The second-order valence-corrected chi connectivity index (χ2v) is 6.70. The average Bonchev–Trinajstić information content (AvgIpc) is 2.91. The molecule has 0 unspecified atom stereocenters. The Bertz CT molecular complexity index is 848. The quantitative estimate of drug-likeness (QED) is 0.773. The maximum Gasteiger partial charge on any atom is 0.264 e. The predicted octanol–water partition coefficient (Wildman–Crippen LogP) is 4.89. The highest BCUT2D eigenvalue weighted by Gasteiger charge is 2.23. The van der Waals surface area contributed by atoms with Gasteiger partial charge in [0.2, 0.25) is 0 Å². The molecule has 122 valence electrons. The number of aliphatic imine (C=N–C) groups is 1. The van der Waals surface area contributed by atoms with Crippen molar-refractivity contribution in [1.82, 2.24) is 5.32 Å². The summed E-state index contributed by atoms with van der Waals surface area (Å²) in [4.78, 5) is 17.0. The van der Waals surface area contributed by atoms with E-state index in [9.17, 15) is 4.79 Å². The standard InChI is InChI=1S/C17H12Cl2N2O2S/c1-23-12-5-2-10(3-6-12)8-15-16(22)21-17(24-15)20-11-4-7-13(18)14(19)9-11/h2-9H,1H3,(H,20,21,22)/b15-8+. The zero-order chi connectivity index (χ0) is 17.1. The molecule has 0 saturated carbocycles. The molecule has 1 amide bonds. The summed E-state index contributed by atoms with van der Waals surface area (Å²) in [7, 11) is 1.61. The normalized spacial score (nSPS) is 17.4. The molecule has 1 fully saturated rings. The van der Waals surface area contributed by atoms with Crippen LogP contribution in [-0.4, -0.2) is 18.2 Å². The number of amides is 1. The van der Waals surface area contributed by atoms with E-state index in [1.54, 1.807) is 31.4 Å². The Labute approximate surface area is 153 Å². The molecule has 1 aliphatic heterocycles. The lowest BCUT2D eigenvalue weighted by atomic mass is 10.2. The van der Waals surface area contributed by atoms with Crippen molar-refractivity contribution in [3.63, 3.8) is 0 Å². The van der Waals surface area contributed by atoms with Crippen LogP contribution in [0, 0.1) is 0 Å². The van der Waals surface area contributed by atoms with E-state index in [1.165, 1.54) is 11.8 Å². The van der Waals surface area contributed by atoms with Crippen molar-refractivity contribution in [3.05, 3.63) is 63.0 Å². The minimum absolute atomic E-state index is 0.186. The third kappa shape index (κ3) is 3.93. The number of carbonyl (C=O) groups is 1. The summed E-state index contributed by atoms with van der Waals surface area (Å²) in [6.45, 7) is 0. The molecule has 3 rings (SSSR count). The minimum Gasteiger partial charge on any atom is -0.497 e. The van der Waals surface area contributed by atoms with Gasteiger partial charge in [-0.2, -0.15) is 0 Å². The van der Waals surface area contributed by atoms with Crippen LogP contribution in [0.1, 0.15) is 5.56 Å². The van der Waals surface area contributed by atoms with Crippen LogP contribution in [0.5, 0.6) is 5.75 Å². The molecule has 0 spiro atoms. The number of carbonyl (C=O) groups excluding carboxylic acids is 1. The highest BCUT2D eigenvalue weighted by Crippen LogP contribution is 2.31. The van der Waals surface area contributed by atoms with E-state index in [4.69, 9.17) is 27.9 Å². The fourth-order valence-corrected chi connectivity index (χ4v) is 3.14. The number of nitrogens with zero attached hydrogens (tertiary/aromatic N) is 1. The van der Waals surface area contributed by atoms with E-state index in [0.29, 0.717) is 25.8 Å². The molecule has 2 aromatic rings. The highest BCUT2D eigenvalue weighted by molar-refractivity contribution is 8.18. The molecule has 1 heterocycles. The van der Waals surface area contributed by atoms with Gasteiger partial charge >= 0.3 is 0 Å². The van der Waals surface area contributed by atoms with Crippen LogP contribution in [0.15, 0.2) is 52.4 Å². The van der Waals surface area contributed by atoms with Crippen molar-refractivity contribution >= 4 is 57.8 Å². The number of nitrogens with one attached hydrogen (secondary N) is 1. The molecule has 2 aromatic carbocycles. The van der Waals surface area contributed by atoms with Gasteiger partial charge in [-0.25, -0.2) is 4.99 Å². The number of hydrogen-bond donors (Lipinski definition) is 1.